The van der Waals surface area contributed by atoms with Gasteiger partial charge in [0.25, 0.3) is 0 Å². The van der Waals surface area contributed by atoms with Crippen LogP contribution in [0.25, 0.3) is 6.08 Å². The van der Waals surface area contributed by atoms with Gasteiger partial charge in [0.05, 0.1) is 11.6 Å². The molecule has 0 unspecified atom stereocenters. The number of hydrogen-bond donors (Lipinski definition) is 2. The van der Waals surface area contributed by atoms with Gasteiger partial charge in [-0.05, 0) is 39.7 Å². The molecule has 0 aliphatic rings. The molecule has 1 rings (SSSR count). The van der Waals surface area contributed by atoms with Crippen LogP contribution in [0.3, 0.4) is 0 Å². The average molecular weight is 370 g/mol. The van der Waals surface area contributed by atoms with Gasteiger partial charge in [-0.3, -0.25) is 4.79 Å². The van der Waals surface area contributed by atoms with Crippen molar-refractivity contribution in [1.29, 1.82) is 0 Å². The van der Waals surface area contributed by atoms with Crippen LogP contribution >= 0.6 is 15.9 Å². The third-order valence-electron chi connectivity index (χ3n) is 2.45. The van der Waals surface area contributed by atoms with Gasteiger partial charge in [-0.15, -0.1) is 0 Å². The van der Waals surface area contributed by atoms with Crippen molar-refractivity contribution in [3.63, 3.8) is 0 Å². The van der Waals surface area contributed by atoms with E-state index in [1.807, 2.05) is 0 Å². The summed E-state index contributed by atoms with van der Waals surface area (Å²) in [6.45, 7) is 5.11. The van der Waals surface area contributed by atoms with E-state index in [1.54, 1.807) is 18.2 Å². The van der Waals surface area contributed by atoms with Gasteiger partial charge in [-0.2, -0.15) is 0 Å². The van der Waals surface area contributed by atoms with Crippen LogP contribution in [-0.4, -0.2) is 30.7 Å². The highest BCUT2D eigenvalue weighted by molar-refractivity contribution is 9.10. The first-order valence-electron chi connectivity index (χ1n) is 6.22. The predicted molar refractivity (Wildman–Crippen MR) is 85.8 cm³/mol. The summed E-state index contributed by atoms with van der Waals surface area (Å²) >= 11 is 3.34. The lowest BCUT2D eigenvalue weighted by Crippen LogP contribution is -2.24. The van der Waals surface area contributed by atoms with Crippen molar-refractivity contribution >= 4 is 33.9 Å². The van der Waals surface area contributed by atoms with Gasteiger partial charge >= 0.3 is 5.97 Å². The number of benzene rings is 1. The lowest BCUT2D eigenvalue weighted by Gasteiger charge is -2.12. The highest BCUT2D eigenvalue weighted by atomic mass is 79.9. The average Bonchev–Trinajstić information content (AvgIpc) is 2.44. The van der Waals surface area contributed by atoms with Gasteiger partial charge in [0.2, 0.25) is 5.91 Å². The van der Waals surface area contributed by atoms with Gasteiger partial charge in [-0.25, -0.2) is 4.79 Å². The molecule has 1 amide bonds. The molecular weight excluding hydrogens is 354 g/mol. The van der Waals surface area contributed by atoms with Crippen molar-refractivity contribution < 1.29 is 24.2 Å². The molecular formula is C15H16BrNO5. The summed E-state index contributed by atoms with van der Waals surface area (Å²) in [5.74, 6) is -0.797. The Hall–Kier alpha value is -2.28. The minimum atomic E-state index is -1.24. The normalized spacial score (nSPS) is 10.8. The molecule has 1 aromatic carbocycles. The number of hydrogen-bond acceptors (Lipinski definition) is 4. The third kappa shape index (κ3) is 4.92. The molecule has 0 radical (unpaired) electrons. The zero-order chi connectivity index (χ0) is 16.7. The number of amides is 1. The molecule has 2 N–H and O–H groups in total. The van der Waals surface area contributed by atoms with Crippen LogP contribution in [0.15, 0.2) is 35.0 Å². The van der Waals surface area contributed by atoms with E-state index >= 15 is 0 Å². The number of methoxy groups -OCH3 is 1. The van der Waals surface area contributed by atoms with Crippen molar-refractivity contribution in [1.82, 2.24) is 5.32 Å². The number of rotatable bonds is 7. The summed E-state index contributed by atoms with van der Waals surface area (Å²) in [6.07, 6.45) is 2.92. The Morgan fingerprint density at radius 1 is 1.45 bits per heavy atom. The summed E-state index contributed by atoms with van der Waals surface area (Å²) in [7, 11) is 1.47. The Labute approximate surface area is 136 Å². The topological polar surface area (TPSA) is 84.9 Å². The Morgan fingerprint density at radius 2 is 2.14 bits per heavy atom. The van der Waals surface area contributed by atoms with Crippen LogP contribution < -0.4 is 14.8 Å². The smallest absolute Gasteiger partial charge is 0.352 e. The van der Waals surface area contributed by atoms with E-state index in [0.717, 1.165) is 0 Å². The van der Waals surface area contributed by atoms with Crippen LogP contribution in [0.2, 0.25) is 0 Å². The molecule has 0 fully saturated rings. The molecule has 6 nitrogen and oxygen atoms in total. The quantitative estimate of drug-likeness (QED) is 0.569. The maximum atomic E-state index is 11.1. The maximum absolute atomic E-state index is 11.1. The number of nitrogens with one attached hydrogen (secondary N) is 1. The van der Waals surface area contributed by atoms with Crippen molar-refractivity contribution in [3.05, 3.63) is 40.5 Å². The van der Waals surface area contributed by atoms with Crippen molar-refractivity contribution in [2.45, 2.75) is 6.92 Å². The second kappa shape index (κ2) is 8.23. The minimum absolute atomic E-state index is 0.235. The zero-order valence-corrected chi connectivity index (χ0v) is 13.8. The molecule has 22 heavy (non-hydrogen) atoms. The van der Waals surface area contributed by atoms with Crippen molar-refractivity contribution in [2.75, 3.05) is 13.7 Å². The highest BCUT2D eigenvalue weighted by Gasteiger charge is 2.13. The van der Waals surface area contributed by atoms with Crippen LogP contribution in [0, 0.1) is 0 Å². The van der Waals surface area contributed by atoms with Gasteiger partial charge in [0, 0.05) is 6.92 Å². The molecule has 0 aromatic heterocycles. The summed E-state index contributed by atoms with van der Waals surface area (Å²) in [4.78, 5) is 22.2. The first-order valence-corrected chi connectivity index (χ1v) is 7.02. The molecule has 0 aliphatic carbocycles. The van der Waals surface area contributed by atoms with Gasteiger partial charge in [0.15, 0.2) is 11.5 Å². The fraction of sp³-hybridized carbons (Fsp3) is 0.200. The number of carbonyl (C=O) groups is 2. The van der Waals surface area contributed by atoms with Gasteiger partial charge < -0.3 is 19.9 Å². The lowest BCUT2D eigenvalue weighted by molar-refractivity contribution is -0.134. The van der Waals surface area contributed by atoms with Crippen molar-refractivity contribution in [3.8, 4) is 11.5 Å². The molecule has 118 valence electrons. The van der Waals surface area contributed by atoms with E-state index in [0.29, 0.717) is 28.1 Å². The van der Waals surface area contributed by atoms with Crippen LogP contribution in [0.4, 0.5) is 0 Å². The van der Waals surface area contributed by atoms with E-state index in [4.69, 9.17) is 14.6 Å². The number of aliphatic carboxylic acids is 1. The Kier molecular flexibility index (Phi) is 6.65. The predicted octanol–water partition coefficient (Wildman–Crippen LogP) is 2.58. The largest absolute Gasteiger partial charge is 0.493 e. The van der Waals surface area contributed by atoms with E-state index in [-0.39, 0.29) is 5.70 Å². The molecule has 7 heteroatoms. The highest BCUT2D eigenvalue weighted by Crippen LogP contribution is 2.37. The second-order valence-corrected chi connectivity index (χ2v) is 5.03. The zero-order valence-electron chi connectivity index (χ0n) is 12.2. The molecule has 0 saturated heterocycles. The molecule has 0 spiro atoms. The Morgan fingerprint density at radius 3 is 2.64 bits per heavy atom. The summed E-state index contributed by atoms with van der Waals surface area (Å²) in [6, 6.07) is 3.26. The molecule has 0 aliphatic heterocycles. The van der Waals surface area contributed by atoms with E-state index in [1.165, 1.54) is 20.1 Å². The second-order valence-electron chi connectivity index (χ2n) is 4.18. The first kappa shape index (κ1) is 17.8. The number of carbonyl (C=O) groups excluding carboxylic acids is 1. The van der Waals surface area contributed by atoms with Crippen LogP contribution in [0.5, 0.6) is 11.5 Å². The first-order chi connectivity index (χ1) is 10.4. The lowest BCUT2D eigenvalue weighted by atomic mass is 10.1. The van der Waals surface area contributed by atoms with E-state index < -0.39 is 11.9 Å². The van der Waals surface area contributed by atoms with E-state index in [2.05, 4.69) is 27.8 Å². The maximum Gasteiger partial charge on any atom is 0.352 e. The van der Waals surface area contributed by atoms with Gasteiger partial charge in [0.1, 0.15) is 12.3 Å². The standard InChI is InChI=1S/C15H16BrNO5/c1-4-5-22-14-11(16)6-10(8-13(14)21-3)7-12(15(19)20)17-9(2)18/h4,6-8H,1,5H2,2-3H3,(H,17,18)(H,19,20)/b12-7+. The monoisotopic (exact) mass is 369 g/mol. The molecule has 1 aromatic rings. The van der Waals surface area contributed by atoms with Crippen LogP contribution in [-0.2, 0) is 9.59 Å². The third-order valence-corrected chi connectivity index (χ3v) is 3.04. The molecule has 0 heterocycles. The Balaban J connectivity index is 3.25. The Bertz CT molecular complexity index is 625. The van der Waals surface area contributed by atoms with E-state index in [9.17, 15) is 9.59 Å². The SMILES string of the molecule is C=CCOc1c(Br)cc(/C=C(/NC(C)=O)C(=O)O)cc1OC. The molecule has 0 saturated carbocycles. The fourth-order valence-corrected chi connectivity index (χ4v) is 2.19. The number of ether oxygens (including phenoxy) is 2. The van der Waals surface area contributed by atoms with Crippen molar-refractivity contribution in [2.24, 2.45) is 0 Å². The van der Waals surface area contributed by atoms with Crippen LogP contribution in [0.1, 0.15) is 12.5 Å². The minimum Gasteiger partial charge on any atom is -0.493 e. The number of carboxylic acids is 1. The summed E-state index contributed by atoms with van der Waals surface area (Å²) in [5, 5.41) is 11.3. The molecule has 0 atom stereocenters. The van der Waals surface area contributed by atoms with Gasteiger partial charge in [-0.1, -0.05) is 12.7 Å². The summed E-state index contributed by atoms with van der Waals surface area (Å²) < 4.78 is 11.3. The molecule has 0 bridgehead atoms. The number of carboxylic acid groups (broad SMARTS) is 1. The fourth-order valence-electron chi connectivity index (χ4n) is 1.61. The number of halogens is 1. The summed E-state index contributed by atoms with van der Waals surface area (Å²) in [5.41, 5.74) is 0.294.